The molecule has 4 heteroatoms. The van der Waals surface area contributed by atoms with Crippen LogP contribution in [0.25, 0.3) is 0 Å². The van der Waals surface area contributed by atoms with Gasteiger partial charge in [-0.2, -0.15) is 0 Å². The fraction of sp³-hybridized carbons (Fsp3) is 0.462. The lowest BCUT2D eigenvalue weighted by molar-refractivity contribution is -0.148. The van der Waals surface area contributed by atoms with E-state index in [9.17, 15) is 9.90 Å². The predicted octanol–water partition coefficient (Wildman–Crippen LogP) is 4.43. The van der Waals surface area contributed by atoms with Gasteiger partial charge in [0.1, 0.15) is 0 Å². The average molecular weight is 275 g/mol. The average Bonchev–Trinajstić information content (AvgIpc) is 2.25. The number of carboxylic acid groups (broad SMARTS) is 1. The maximum Gasteiger partial charge on any atom is 0.309 e. The highest BCUT2D eigenvalue weighted by molar-refractivity contribution is 6.42. The molecule has 1 atom stereocenters. The van der Waals surface area contributed by atoms with Gasteiger partial charge >= 0.3 is 5.97 Å². The molecule has 0 aliphatic heterocycles. The molecule has 1 unspecified atom stereocenters. The Labute approximate surface area is 112 Å². The minimum Gasteiger partial charge on any atom is -0.481 e. The summed E-state index contributed by atoms with van der Waals surface area (Å²) in [5, 5.41) is 10.2. The Morgan fingerprint density at radius 3 is 2.59 bits per heavy atom. The maximum absolute atomic E-state index is 11.3. The van der Waals surface area contributed by atoms with E-state index in [2.05, 4.69) is 0 Å². The normalized spacial score (nSPS) is 14.4. The number of hydrogen-bond acceptors (Lipinski definition) is 1. The van der Waals surface area contributed by atoms with Gasteiger partial charge in [0, 0.05) is 0 Å². The zero-order valence-electron chi connectivity index (χ0n) is 9.96. The first kappa shape index (κ1) is 14.3. The van der Waals surface area contributed by atoms with E-state index in [-0.39, 0.29) is 0 Å². The van der Waals surface area contributed by atoms with Crippen molar-refractivity contribution in [2.45, 2.75) is 33.1 Å². The fourth-order valence-electron chi connectivity index (χ4n) is 1.93. The van der Waals surface area contributed by atoms with Crippen LogP contribution in [0.15, 0.2) is 18.2 Å². The summed E-state index contributed by atoms with van der Waals surface area (Å²) >= 11 is 12.0. The van der Waals surface area contributed by atoms with Crippen LogP contribution in [0.3, 0.4) is 0 Å². The van der Waals surface area contributed by atoms with Crippen LogP contribution in [0, 0.1) is 5.41 Å². The van der Waals surface area contributed by atoms with E-state index >= 15 is 0 Å². The summed E-state index contributed by atoms with van der Waals surface area (Å²) in [4.78, 5) is 11.3. The van der Waals surface area contributed by atoms with Crippen LogP contribution in [0.5, 0.6) is 0 Å². The van der Waals surface area contributed by atoms with Crippen molar-refractivity contribution in [3.8, 4) is 0 Å². The molecule has 0 aliphatic rings. The van der Waals surface area contributed by atoms with Crippen molar-refractivity contribution < 1.29 is 9.90 Å². The lowest BCUT2D eigenvalue weighted by Crippen LogP contribution is -2.30. The second-order valence-electron chi connectivity index (χ2n) is 4.51. The third-order valence-electron chi connectivity index (χ3n) is 2.93. The van der Waals surface area contributed by atoms with Gasteiger partial charge in [0.15, 0.2) is 0 Å². The van der Waals surface area contributed by atoms with E-state index in [4.69, 9.17) is 23.2 Å². The van der Waals surface area contributed by atoms with Gasteiger partial charge in [-0.15, -0.1) is 0 Å². The molecule has 0 amide bonds. The highest BCUT2D eigenvalue weighted by atomic mass is 35.5. The van der Waals surface area contributed by atoms with Crippen LogP contribution < -0.4 is 0 Å². The van der Waals surface area contributed by atoms with Crippen LogP contribution in [0.4, 0.5) is 0 Å². The monoisotopic (exact) mass is 274 g/mol. The summed E-state index contributed by atoms with van der Waals surface area (Å²) in [6, 6.07) is 5.31. The zero-order valence-corrected chi connectivity index (χ0v) is 11.5. The Bertz CT molecular complexity index is 418. The third kappa shape index (κ3) is 3.36. The summed E-state index contributed by atoms with van der Waals surface area (Å²) in [7, 11) is 0. The molecule has 0 aliphatic carbocycles. The standard InChI is InChI=1S/C13H16Cl2O2/c1-3-7-13(2,12(16)17)8-9-5-4-6-10(14)11(9)15/h4-6H,3,7-8H2,1-2H3,(H,16,17). The van der Waals surface area contributed by atoms with E-state index in [0.717, 1.165) is 12.0 Å². The van der Waals surface area contributed by atoms with Gasteiger partial charge in [-0.25, -0.2) is 0 Å². The number of carbonyl (C=O) groups is 1. The van der Waals surface area contributed by atoms with Crippen molar-refractivity contribution in [1.82, 2.24) is 0 Å². The second kappa shape index (κ2) is 5.74. The fourth-order valence-corrected chi connectivity index (χ4v) is 2.31. The summed E-state index contributed by atoms with van der Waals surface area (Å²) in [6.07, 6.45) is 1.84. The molecule has 1 rings (SSSR count). The number of hydrogen-bond donors (Lipinski definition) is 1. The Hall–Kier alpha value is -0.730. The van der Waals surface area contributed by atoms with Gasteiger partial charge in [0.2, 0.25) is 0 Å². The van der Waals surface area contributed by atoms with E-state index in [1.165, 1.54) is 0 Å². The molecule has 0 aromatic heterocycles. The number of carboxylic acids is 1. The van der Waals surface area contributed by atoms with Crippen molar-refractivity contribution in [2.24, 2.45) is 5.41 Å². The summed E-state index contributed by atoms with van der Waals surface area (Å²) < 4.78 is 0. The molecule has 0 saturated carbocycles. The molecule has 0 spiro atoms. The van der Waals surface area contributed by atoms with Crippen molar-refractivity contribution in [1.29, 1.82) is 0 Å². The first-order valence-corrected chi connectivity index (χ1v) is 6.32. The first-order chi connectivity index (χ1) is 7.90. The summed E-state index contributed by atoms with van der Waals surface area (Å²) in [6.45, 7) is 3.72. The van der Waals surface area contributed by atoms with Crippen molar-refractivity contribution in [3.63, 3.8) is 0 Å². The molecule has 1 aromatic rings. The molecular formula is C13H16Cl2O2. The van der Waals surface area contributed by atoms with Crippen LogP contribution in [-0.2, 0) is 11.2 Å². The molecule has 0 bridgehead atoms. The number of benzene rings is 1. The molecule has 0 saturated heterocycles. The van der Waals surface area contributed by atoms with E-state index in [0.29, 0.717) is 22.9 Å². The highest BCUT2D eigenvalue weighted by Gasteiger charge is 2.33. The number of halogens is 2. The quantitative estimate of drug-likeness (QED) is 0.863. The molecule has 17 heavy (non-hydrogen) atoms. The zero-order chi connectivity index (χ0) is 13.1. The van der Waals surface area contributed by atoms with Gasteiger partial charge in [-0.3, -0.25) is 4.79 Å². The Balaban J connectivity index is 3.02. The topological polar surface area (TPSA) is 37.3 Å². The summed E-state index contributed by atoms with van der Waals surface area (Å²) in [5.41, 5.74) is 0.000748. The molecule has 0 radical (unpaired) electrons. The first-order valence-electron chi connectivity index (χ1n) is 5.57. The van der Waals surface area contributed by atoms with Gasteiger partial charge in [0.05, 0.1) is 15.5 Å². The van der Waals surface area contributed by atoms with Gasteiger partial charge in [-0.05, 0) is 31.4 Å². The molecular weight excluding hydrogens is 259 g/mol. The Kier molecular flexibility index (Phi) is 4.84. The maximum atomic E-state index is 11.3. The van der Waals surface area contributed by atoms with E-state index < -0.39 is 11.4 Å². The molecule has 0 heterocycles. The van der Waals surface area contributed by atoms with Crippen LogP contribution in [0.2, 0.25) is 10.0 Å². The summed E-state index contributed by atoms with van der Waals surface area (Å²) in [5.74, 6) is -0.796. The molecule has 0 fully saturated rings. The molecule has 1 N–H and O–H groups in total. The highest BCUT2D eigenvalue weighted by Crippen LogP contribution is 2.34. The third-order valence-corrected chi connectivity index (χ3v) is 3.79. The smallest absolute Gasteiger partial charge is 0.309 e. The van der Waals surface area contributed by atoms with E-state index in [1.54, 1.807) is 19.1 Å². The number of rotatable bonds is 5. The lowest BCUT2D eigenvalue weighted by Gasteiger charge is -2.24. The number of aliphatic carboxylic acids is 1. The van der Waals surface area contributed by atoms with E-state index in [1.807, 2.05) is 13.0 Å². The van der Waals surface area contributed by atoms with Crippen LogP contribution in [-0.4, -0.2) is 11.1 Å². The Morgan fingerprint density at radius 2 is 2.06 bits per heavy atom. The molecule has 1 aromatic carbocycles. The van der Waals surface area contributed by atoms with Crippen LogP contribution in [0.1, 0.15) is 32.3 Å². The van der Waals surface area contributed by atoms with Crippen molar-refractivity contribution in [3.05, 3.63) is 33.8 Å². The minimum atomic E-state index is -0.796. The van der Waals surface area contributed by atoms with Gasteiger partial charge in [-0.1, -0.05) is 48.7 Å². The predicted molar refractivity (Wildman–Crippen MR) is 70.8 cm³/mol. The van der Waals surface area contributed by atoms with Crippen molar-refractivity contribution in [2.75, 3.05) is 0 Å². The van der Waals surface area contributed by atoms with Gasteiger partial charge in [0.25, 0.3) is 0 Å². The Morgan fingerprint density at radius 1 is 1.41 bits per heavy atom. The largest absolute Gasteiger partial charge is 0.481 e. The van der Waals surface area contributed by atoms with Gasteiger partial charge < -0.3 is 5.11 Å². The van der Waals surface area contributed by atoms with Crippen LogP contribution >= 0.6 is 23.2 Å². The molecule has 94 valence electrons. The minimum absolute atomic E-state index is 0.398. The second-order valence-corrected chi connectivity index (χ2v) is 5.29. The lowest BCUT2D eigenvalue weighted by atomic mass is 9.80. The SMILES string of the molecule is CCCC(C)(Cc1cccc(Cl)c1Cl)C(=O)O. The molecule has 2 nitrogen and oxygen atoms in total. The van der Waals surface area contributed by atoms with Crippen molar-refractivity contribution >= 4 is 29.2 Å².